The van der Waals surface area contributed by atoms with Crippen LogP contribution in [0.3, 0.4) is 0 Å². The number of carbonyl (C=O) groups is 2. The predicted molar refractivity (Wildman–Crippen MR) is 169 cm³/mol. The molecular formula is C34H34F4N2O5S. The third kappa shape index (κ3) is 6.96. The van der Waals surface area contributed by atoms with Crippen molar-refractivity contribution in [3.63, 3.8) is 0 Å². The first-order valence-corrected chi connectivity index (χ1v) is 16.8. The number of anilines is 1. The Kier molecular flexibility index (Phi) is 9.30. The van der Waals surface area contributed by atoms with Crippen LogP contribution in [0.5, 0.6) is 0 Å². The average Bonchev–Trinajstić information content (AvgIpc) is 3.77. The minimum Gasteiger partial charge on any atom is -0.455 e. The van der Waals surface area contributed by atoms with E-state index in [1.165, 1.54) is 24.3 Å². The van der Waals surface area contributed by atoms with E-state index in [0.29, 0.717) is 35.1 Å². The average molecular weight is 659 g/mol. The molecule has 1 unspecified atom stereocenters. The van der Waals surface area contributed by atoms with Crippen molar-refractivity contribution in [3.05, 3.63) is 77.4 Å². The summed E-state index contributed by atoms with van der Waals surface area (Å²) in [5.41, 5.74) is 2.74. The number of carbonyl (C=O) groups excluding carboxylic acids is 2. The number of sulfonamides is 1. The molecule has 1 aromatic heterocycles. The summed E-state index contributed by atoms with van der Waals surface area (Å²) in [6, 6.07) is 14.2. The van der Waals surface area contributed by atoms with Gasteiger partial charge in [-0.05, 0) is 55.9 Å². The number of rotatable bonds is 12. The van der Waals surface area contributed by atoms with E-state index >= 15 is 0 Å². The summed E-state index contributed by atoms with van der Waals surface area (Å²) in [6.07, 6.45) is -2.88. The zero-order valence-corrected chi connectivity index (χ0v) is 26.4. The van der Waals surface area contributed by atoms with Gasteiger partial charge in [0.25, 0.3) is 5.91 Å². The van der Waals surface area contributed by atoms with E-state index in [-0.39, 0.29) is 53.1 Å². The van der Waals surface area contributed by atoms with Crippen molar-refractivity contribution in [1.29, 1.82) is 0 Å². The fourth-order valence-electron chi connectivity index (χ4n) is 5.55. The van der Waals surface area contributed by atoms with Crippen LogP contribution in [0.15, 0.2) is 65.1 Å². The molecular weight excluding hydrogens is 624 g/mol. The maximum absolute atomic E-state index is 13.7. The molecule has 244 valence electrons. The van der Waals surface area contributed by atoms with Gasteiger partial charge in [-0.15, -0.1) is 0 Å². The molecule has 0 saturated heterocycles. The molecule has 12 heteroatoms. The number of nitrogens with zero attached hydrogens (tertiary/aromatic N) is 1. The molecule has 0 aliphatic heterocycles. The van der Waals surface area contributed by atoms with Gasteiger partial charge in [0.15, 0.2) is 5.78 Å². The first-order chi connectivity index (χ1) is 21.7. The number of Topliss-reactive ketones (excluding diaryl/α,β-unsaturated/α-hetero) is 1. The van der Waals surface area contributed by atoms with Gasteiger partial charge in [-0.2, -0.15) is 13.2 Å². The highest BCUT2D eigenvalue weighted by molar-refractivity contribution is 7.92. The lowest BCUT2D eigenvalue weighted by atomic mass is 9.95. The number of benzene rings is 3. The van der Waals surface area contributed by atoms with E-state index in [0.717, 1.165) is 16.1 Å². The van der Waals surface area contributed by atoms with Crippen LogP contribution >= 0.6 is 0 Å². The SMILES string of the molecule is CCC(=O)c1c(-c2ccc(C)cc2)oc2cc(N(CCCF)S(C)(=O)=O)c(-c3cccc(C(=O)NC(C4CC4)C(F)(F)F)c3)cc12. The number of hydrogen-bond acceptors (Lipinski definition) is 5. The Hall–Kier alpha value is -4.19. The van der Waals surface area contributed by atoms with E-state index in [1.54, 1.807) is 19.1 Å². The third-order valence-electron chi connectivity index (χ3n) is 8.05. The maximum atomic E-state index is 13.7. The molecule has 5 rings (SSSR count). The monoisotopic (exact) mass is 658 g/mol. The van der Waals surface area contributed by atoms with Crippen LogP contribution in [0.4, 0.5) is 23.2 Å². The summed E-state index contributed by atoms with van der Waals surface area (Å²) in [4.78, 5) is 26.4. The van der Waals surface area contributed by atoms with Gasteiger partial charge in [0.05, 0.1) is 24.2 Å². The number of halogens is 4. The van der Waals surface area contributed by atoms with Gasteiger partial charge in [-0.1, -0.05) is 48.9 Å². The molecule has 0 radical (unpaired) electrons. The lowest BCUT2D eigenvalue weighted by Gasteiger charge is -2.25. The second-order valence-corrected chi connectivity index (χ2v) is 13.5. The van der Waals surface area contributed by atoms with Crippen molar-refractivity contribution < 1.29 is 40.0 Å². The molecule has 0 bridgehead atoms. The van der Waals surface area contributed by atoms with Gasteiger partial charge in [-0.25, -0.2) is 8.42 Å². The summed E-state index contributed by atoms with van der Waals surface area (Å²) < 4.78 is 87.7. The van der Waals surface area contributed by atoms with Crippen LogP contribution in [0.25, 0.3) is 33.4 Å². The van der Waals surface area contributed by atoms with E-state index in [9.17, 15) is 35.6 Å². The van der Waals surface area contributed by atoms with Crippen LogP contribution < -0.4 is 9.62 Å². The topological polar surface area (TPSA) is 96.7 Å². The zero-order valence-electron chi connectivity index (χ0n) is 25.6. The van der Waals surface area contributed by atoms with Crippen LogP contribution in [-0.4, -0.2) is 51.8 Å². The first-order valence-electron chi connectivity index (χ1n) is 14.9. The fraction of sp³-hybridized carbons (Fsp3) is 0.353. The van der Waals surface area contributed by atoms with Gasteiger partial charge >= 0.3 is 6.18 Å². The van der Waals surface area contributed by atoms with Crippen LogP contribution in [0.2, 0.25) is 0 Å². The van der Waals surface area contributed by atoms with Crippen molar-refractivity contribution in [2.45, 2.75) is 51.7 Å². The molecule has 1 heterocycles. The summed E-state index contributed by atoms with van der Waals surface area (Å²) in [5, 5.41) is 2.51. The number of ketones is 1. The molecule has 1 aliphatic carbocycles. The molecule has 1 atom stereocenters. The fourth-order valence-corrected chi connectivity index (χ4v) is 6.52. The Labute approximate surface area is 264 Å². The Bertz CT molecular complexity index is 1880. The van der Waals surface area contributed by atoms with E-state index in [2.05, 4.69) is 5.32 Å². The number of furan rings is 1. The molecule has 3 aromatic carbocycles. The maximum Gasteiger partial charge on any atom is 0.408 e. The normalized spacial score (nSPS) is 14.3. The van der Waals surface area contributed by atoms with Crippen molar-refractivity contribution in [3.8, 4) is 22.5 Å². The molecule has 46 heavy (non-hydrogen) atoms. The molecule has 1 amide bonds. The van der Waals surface area contributed by atoms with E-state index in [1.807, 2.05) is 31.2 Å². The molecule has 4 aromatic rings. The molecule has 1 N–H and O–H groups in total. The molecule has 0 spiro atoms. The minimum absolute atomic E-state index is 0.0643. The predicted octanol–water partition coefficient (Wildman–Crippen LogP) is 7.86. The number of alkyl halides is 4. The number of hydrogen-bond donors (Lipinski definition) is 1. The van der Waals surface area contributed by atoms with Gasteiger partial charge in [0, 0.05) is 41.1 Å². The summed E-state index contributed by atoms with van der Waals surface area (Å²) in [6.45, 7) is 2.62. The summed E-state index contributed by atoms with van der Waals surface area (Å²) >= 11 is 0. The quantitative estimate of drug-likeness (QED) is 0.124. The molecule has 1 saturated carbocycles. The Morgan fingerprint density at radius 2 is 1.74 bits per heavy atom. The van der Waals surface area contributed by atoms with E-state index in [4.69, 9.17) is 4.42 Å². The number of aryl methyl sites for hydroxylation is 1. The molecule has 7 nitrogen and oxygen atoms in total. The smallest absolute Gasteiger partial charge is 0.408 e. The Morgan fingerprint density at radius 1 is 1.04 bits per heavy atom. The van der Waals surface area contributed by atoms with Crippen molar-refractivity contribution in [1.82, 2.24) is 5.32 Å². The van der Waals surface area contributed by atoms with Crippen LogP contribution in [0.1, 0.15) is 58.9 Å². The minimum atomic E-state index is -4.61. The number of fused-ring (bicyclic) bond motifs is 1. The second-order valence-electron chi connectivity index (χ2n) is 11.6. The lowest BCUT2D eigenvalue weighted by Crippen LogP contribution is -2.46. The highest BCUT2D eigenvalue weighted by Crippen LogP contribution is 2.43. The molecule has 1 fully saturated rings. The van der Waals surface area contributed by atoms with Crippen molar-refractivity contribution >= 4 is 38.4 Å². The Morgan fingerprint density at radius 3 is 2.33 bits per heavy atom. The summed E-state index contributed by atoms with van der Waals surface area (Å²) in [5.74, 6) is -1.54. The van der Waals surface area contributed by atoms with Crippen molar-refractivity contribution in [2.75, 3.05) is 23.8 Å². The lowest BCUT2D eigenvalue weighted by molar-refractivity contribution is -0.158. The van der Waals surface area contributed by atoms with Crippen molar-refractivity contribution in [2.24, 2.45) is 5.92 Å². The summed E-state index contributed by atoms with van der Waals surface area (Å²) in [7, 11) is -3.98. The number of amides is 1. The zero-order chi connectivity index (χ0) is 33.4. The van der Waals surface area contributed by atoms with Crippen LogP contribution in [-0.2, 0) is 10.0 Å². The van der Waals surface area contributed by atoms with Gasteiger partial charge < -0.3 is 9.73 Å². The van der Waals surface area contributed by atoms with Gasteiger partial charge in [-0.3, -0.25) is 18.3 Å². The Balaban J connectivity index is 1.72. The van der Waals surface area contributed by atoms with Gasteiger partial charge in [0.1, 0.15) is 17.4 Å². The number of nitrogens with one attached hydrogen (secondary N) is 1. The van der Waals surface area contributed by atoms with Gasteiger partial charge in [0.2, 0.25) is 10.0 Å². The largest absolute Gasteiger partial charge is 0.455 e. The highest BCUT2D eigenvalue weighted by atomic mass is 32.2. The highest BCUT2D eigenvalue weighted by Gasteiger charge is 2.49. The second kappa shape index (κ2) is 12.9. The van der Waals surface area contributed by atoms with Crippen LogP contribution in [0, 0.1) is 12.8 Å². The third-order valence-corrected chi connectivity index (χ3v) is 9.23. The van der Waals surface area contributed by atoms with E-state index < -0.39 is 40.7 Å². The standard InChI is InChI=1S/C34H34F4N2O5S/c1-4-28(41)30-26-18-25(23-7-5-8-24(17-23)33(42)39-32(22-13-14-22)34(36,37)38)27(40(16-6-15-35)46(3,43)44)19-29(26)45-31(30)21-11-9-20(2)10-12-21/h5,7-12,17-19,22,32H,4,6,13-16H2,1-3H3,(H,39,42). The molecule has 1 aliphatic rings. The first kappa shape index (κ1) is 33.2.